The van der Waals surface area contributed by atoms with Gasteiger partial charge in [-0.15, -0.1) is 11.3 Å². The zero-order chi connectivity index (χ0) is 16.1. The molecule has 3 heteroatoms. The van der Waals surface area contributed by atoms with Gasteiger partial charge >= 0.3 is 0 Å². The van der Waals surface area contributed by atoms with Crippen molar-refractivity contribution < 1.29 is 4.74 Å². The second-order valence-corrected chi connectivity index (χ2v) is 8.89. The minimum atomic E-state index is 0.572. The Labute approximate surface area is 148 Å². The van der Waals surface area contributed by atoms with Crippen LogP contribution in [0.3, 0.4) is 0 Å². The van der Waals surface area contributed by atoms with Crippen LogP contribution in [0, 0.1) is 5.92 Å². The molecule has 0 spiro atoms. The summed E-state index contributed by atoms with van der Waals surface area (Å²) in [6.45, 7) is 2.32. The van der Waals surface area contributed by atoms with Crippen LogP contribution < -0.4 is 4.74 Å². The monoisotopic (exact) mass is 339 g/mol. The van der Waals surface area contributed by atoms with Gasteiger partial charge < -0.3 is 4.74 Å². The highest BCUT2D eigenvalue weighted by molar-refractivity contribution is 7.12. The molecule has 2 aliphatic heterocycles. The molecule has 0 bridgehead atoms. The molecule has 2 nitrogen and oxygen atoms in total. The molecule has 1 aliphatic carbocycles. The van der Waals surface area contributed by atoms with Crippen molar-refractivity contribution in [3.63, 3.8) is 0 Å². The number of fused-ring (bicyclic) bond motifs is 4. The Kier molecular flexibility index (Phi) is 3.67. The SMILES string of the molecule is COc1ccc2c(c1)CCN1Cc3cc(CC4CCC4)sc3CC21. The fraction of sp³-hybridized carbons (Fsp3) is 0.524. The van der Waals surface area contributed by atoms with Crippen molar-refractivity contribution in [2.45, 2.75) is 51.1 Å². The minimum absolute atomic E-state index is 0.572. The molecule has 1 aromatic heterocycles. The van der Waals surface area contributed by atoms with Crippen molar-refractivity contribution in [2.75, 3.05) is 13.7 Å². The van der Waals surface area contributed by atoms with E-state index >= 15 is 0 Å². The normalized spacial score (nSPS) is 23.1. The fourth-order valence-electron chi connectivity index (χ4n) is 4.61. The maximum atomic E-state index is 5.42. The van der Waals surface area contributed by atoms with Gasteiger partial charge in [-0.25, -0.2) is 0 Å². The predicted molar refractivity (Wildman–Crippen MR) is 98.9 cm³/mol. The highest BCUT2D eigenvalue weighted by atomic mass is 32.1. The van der Waals surface area contributed by atoms with E-state index in [1.54, 1.807) is 22.4 Å². The maximum Gasteiger partial charge on any atom is 0.119 e. The molecule has 0 saturated heterocycles. The molecular formula is C21H25NOS. The molecule has 3 aliphatic rings. The zero-order valence-corrected chi connectivity index (χ0v) is 15.2. The second kappa shape index (κ2) is 5.89. The molecule has 1 saturated carbocycles. The van der Waals surface area contributed by atoms with Crippen LogP contribution in [0.15, 0.2) is 24.3 Å². The molecule has 0 amide bonds. The first-order valence-electron chi connectivity index (χ1n) is 9.31. The minimum Gasteiger partial charge on any atom is -0.497 e. The Hall–Kier alpha value is -1.32. The quantitative estimate of drug-likeness (QED) is 0.800. The summed E-state index contributed by atoms with van der Waals surface area (Å²) >= 11 is 2.10. The predicted octanol–water partition coefficient (Wildman–Crippen LogP) is 4.75. The van der Waals surface area contributed by atoms with Gasteiger partial charge in [-0.2, -0.15) is 0 Å². The van der Waals surface area contributed by atoms with Gasteiger partial charge in [0.15, 0.2) is 0 Å². The summed E-state index contributed by atoms with van der Waals surface area (Å²) in [7, 11) is 1.76. The summed E-state index contributed by atoms with van der Waals surface area (Å²) in [4.78, 5) is 5.98. The van der Waals surface area contributed by atoms with Crippen molar-refractivity contribution in [2.24, 2.45) is 5.92 Å². The van der Waals surface area contributed by atoms with Gasteiger partial charge in [-0.05, 0) is 53.6 Å². The largest absolute Gasteiger partial charge is 0.497 e. The van der Waals surface area contributed by atoms with Crippen LogP contribution in [0.1, 0.15) is 51.7 Å². The number of methoxy groups -OCH3 is 1. The first-order valence-corrected chi connectivity index (χ1v) is 10.1. The smallest absolute Gasteiger partial charge is 0.119 e. The molecule has 5 rings (SSSR count). The van der Waals surface area contributed by atoms with Crippen LogP contribution in [-0.2, 0) is 25.8 Å². The standard InChI is InChI=1S/C21H25NOS/c1-23-17-5-6-19-15(10-17)7-8-22-13-16-11-18(9-14-3-2-4-14)24-21(16)12-20(19)22/h5-6,10-11,14,20H,2-4,7-9,12-13H2,1H3. The second-order valence-electron chi connectivity index (χ2n) is 7.67. The van der Waals surface area contributed by atoms with E-state index in [0.717, 1.165) is 24.6 Å². The molecule has 126 valence electrons. The summed E-state index contributed by atoms with van der Waals surface area (Å²) in [6.07, 6.45) is 8.03. The van der Waals surface area contributed by atoms with Gasteiger partial charge in [0.05, 0.1) is 7.11 Å². The van der Waals surface area contributed by atoms with Crippen LogP contribution in [0.25, 0.3) is 0 Å². The Morgan fingerprint density at radius 3 is 2.92 bits per heavy atom. The molecule has 1 unspecified atom stereocenters. The Morgan fingerprint density at radius 1 is 1.21 bits per heavy atom. The molecule has 1 aromatic carbocycles. The molecule has 0 radical (unpaired) electrons. The fourth-order valence-corrected chi connectivity index (χ4v) is 5.94. The van der Waals surface area contributed by atoms with Crippen LogP contribution in [-0.4, -0.2) is 18.6 Å². The average molecular weight is 340 g/mol. The number of rotatable bonds is 3. The number of hydrogen-bond acceptors (Lipinski definition) is 3. The first kappa shape index (κ1) is 15.0. The van der Waals surface area contributed by atoms with Crippen molar-refractivity contribution in [3.8, 4) is 5.75 Å². The van der Waals surface area contributed by atoms with Gasteiger partial charge in [0.1, 0.15) is 5.75 Å². The van der Waals surface area contributed by atoms with E-state index in [-0.39, 0.29) is 0 Å². The lowest BCUT2D eigenvalue weighted by atomic mass is 9.82. The highest BCUT2D eigenvalue weighted by Gasteiger charge is 2.33. The lowest BCUT2D eigenvalue weighted by molar-refractivity contribution is 0.162. The van der Waals surface area contributed by atoms with Crippen LogP contribution in [0.5, 0.6) is 5.75 Å². The number of thiophene rings is 1. The summed E-state index contributed by atoms with van der Waals surface area (Å²) < 4.78 is 5.42. The molecule has 3 heterocycles. The van der Waals surface area contributed by atoms with Crippen molar-refractivity contribution in [3.05, 3.63) is 50.7 Å². The topological polar surface area (TPSA) is 12.5 Å². The summed E-state index contributed by atoms with van der Waals surface area (Å²) in [5.41, 5.74) is 4.63. The average Bonchev–Trinajstić information content (AvgIpc) is 2.97. The van der Waals surface area contributed by atoms with Gasteiger partial charge in [0.25, 0.3) is 0 Å². The maximum absolute atomic E-state index is 5.42. The van der Waals surface area contributed by atoms with E-state index in [4.69, 9.17) is 4.74 Å². The van der Waals surface area contributed by atoms with Gasteiger partial charge in [0.2, 0.25) is 0 Å². The van der Waals surface area contributed by atoms with Crippen molar-refractivity contribution in [1.82, 2.24) is 4.90 Å². The summed E-state index contributed by atoms with van der Waals surface area (Å²) in [5, 5.41) is 0. The number of nitrogens with zero attached hydrogens (tertiary/aromatic N) is 1. The summed E-state index contributed by atoms with van der Waals surface area (Å²) in [5.74, 6) is 1.97. The van der Waals surface area contributed by atoms with E-state index < -0.39 is 0 Å². The van der Waals surface area contributed by atoms with E-state index in [0.29, 0.717) is 6.04 Å². The number of benzene rings is 1. The molecule has 1 atom stereocenters. The van der Waals surface area contributed by atoms with Crippen molar-refractivity contribution in [1.29, 1.82) is 0 Å². The first-order chi connectivity index (χ1) is 11.8. The molecular weight excluding hydrogens is 314 g/mol. The van der Waals surface area contributed by atoms with Crippen LogP contribution in [0.4, 0.5) is 0 Å². The third-order valence-corrected chi connectivity index (χ3v) is 7.45. The third kappa shape index (κ3) is 2.49. The van der Waals surface area contributed by atoms with E-state index in [1.807, 2.05) is 0 Å². The van der Waals surface area contributed by atoms with Crippen molar-refractivity contribution >= 4 is 11.3 Å². The van der Waals surface area contributed by atoms with E-state index in [2.05, 4.69) is 40.5 Å². The summed E-state index contributed by atoms with van der Waals surface area (Å²) in [6, 6.07) is 9.78. The highest BCUT2D eigenvalue weighted by Crippen LogP contribution is 2.42. The molecule has 0 N–H and O–H groups in total. The lowest BCUT2D eigenvalue weighted by Gasteiger charge is -2.40. The molecule has 24 heavy (non-hydrogen) atoms. The third-order valence-electron chi connectivity index (χ3n) is 6.23. The molecule has 2 aromatic rings. The van der Waals surface area contributed by atoms with Gasteiger partial charge in [-0.3, -0.25) is 4.90 Å². The zero-order valence-electron chi connectivity index (χ0n) is 14.4. The lowest BCUT2D eigenvalue weighted by Crippen LogP contribution is -2.38. The van der Waals surface area contributed by atoms with E-state index in [1.165, 1.54) is 49.8 Å². The van der Waals surface area contributed by atoms with Gasteiger partial charge in [-0.1, -0.05) is 25.3 Å². The Balaban J connectivity index is 1.42. The number of ether oxygens (including phenoxy) is 1. The van der Waals surface area contributed by atoms with Crippen LogP contribution in [0.2, 0.25) is 0 Å². The Morgan fingerprint density at radius 2 is 2.12 bits per heavy atom. The van der Waals surface area contributed by atoms with Crippen LogP contribution >= 0.6 is 11.3 Å². The Bertz CT molecular complexity index is 761. The molecule has 1 fully saturated rings. The van der Waals surface area contributed by atoms with E-state index in [9.17, 15) is 0 Å². The van der Waals surface area contributed by atoms with Gasteiger partial charge in [0, 0.05) is 35.3 Å². The number of hydrogen-bond donors (Lipinski definition) is 0.